The summed E-state index contributed by atoms with van der Waals surface area (Å²) in [5.41, 5.74) is 5.35. The Kier molecular flexibility index (Phi) is 5.32. The summed E-state index contributed by atoms with van der Waals surface area (Å²) in [6, 6.07) is 15.7. The Morgan fingerprint density at radius 3 is 2.30 bits per heavy atom. The summed E-state index contributed by atoms with van der Waals surface area (Å²) < 4.78 is 0. The van der Waals surface area contributed by atoms with Crippen molar-refractivity contribution in [3.05, 3.63) is 75.9 Å². The van der Waals surface area contributed by atoms with Gasteiger partial charge in [-0.05, 0) is 49.1 Å². The van der Waals surface area contributed by atoms with E-state index in [-0.39, 0.29) is 11.5 Å². The number of nitrogens with zero attached hydrogens (tertiary/aromatic N) is 1. The van der Waals surface area contributed by atoms with Crippen molar-refractivity contribution in [2.45, 2.75) is 27.3 Å². The summed E-state index contributed by atoms with van der Waals surface area (Å²) in [5, 5.41) is 12.1. The molecule has 0 saturated carbocycles. The van der Waals surface area contributed by atoms with Crippen LogP contribution in [0, 0.1) is 32.1 Å². The fourth-order valence-electron chi connectivity index (χ4n) is 2.59. The summed E-state index contributed by atoms with van der Waals surface area (Å²) in [4.78, 5) is 12.2. The fourth-order valence-corrected chi connectivity index (χ4v) is 2.59. The van der Waals surface area contributed by atoms with Gasteiger partial charge in [-0.2, -0.15) is 5.26 Å². The molecule has 2 aromatic rings. The average Bonchev–Trinajstić information content (AvgIpc) is 2.53. The van der Waals surface area contributed by atoms with Gasteiger partial charge >= 0.3 is 0 Å². The molecule has 0 aromatic heterocycles. The third kappa shape index (κ3) is 4.31. The second kappa shape index (κ2) is 7.42. The number of nitriles is 1. The number of hydrogen-bond donors (Lipinski definition) is 1. The normalized spacial score (nSPS) is 11.0. The molecule has 0 atom stereocenters. The van der Waals surface area contributed by atoms with Crippen LogP contribution in [0.3, 0.4) is 0 Å². The maximum absolute atomic E-state index is 12.2. The molecule has 3 heteroatoms. The van der Waals surface area contributed by atoms with Gasteiger partial charge in [-0.1, -0.05) is 48.0 Å². The summed E-state index contributed by atoms with van der Waals surface area (Å²) in [7, 11) is 0. The quantitative estimate of drug-likeness (QED) is 0.689. The number of amides is 1. The van der Waals surface area contributed by atoms with Crippen molar-refractivity contribution in [2.24, 2.45) is 0 Å². The molecule has 0 aliphatic heterocycles. The highest BCUT2D eigenvalue weighted by Crippen LogP contribution is 2.19. The molecule has 1 N–H and O–H groups in total. The second-order valence-corrected chi connectivity index (χ2v) is 5.65. The predicted octanol–water partition coefficient (Wildman–Crippen LogP) is 3.84. The molecule has 2 aromatic carbocycles. The third-order valence-corrected chi connectivity index (χ3v) is 3.69. The van der Waals surface area contributed by atoms with Crippen LogP contribution >= 0.6 is 0 Å². The molecule has 23 heavy (non-hydrogen) atoms. The van der Waals surface area contributed by atoms with Gasteiger partial charge in [-0.25, -0.2) is 0 Å². The summed E-state index contributed by atoms with van der Waals surface area (Å²) >= 11 is 0. The van der Waals surface area contributed by atoms with Crippen molar-refractivity contribution in [1.29, 1.82) is 5.26 Å². The van der Waals surface area contributed by atoms with E-state index < -0.39 is 0 Å². The van der Waals surface area contributed by atoms with E-state index in [0.29, 0.717) is 6.54 Å². The minimum atomic E-state index is -0.351. The van der Waals surface area contributed by atoms with Gasteiger partial charge in [0.25, 0.3) is 5.91 Å². The van der Waals surface area contributed by atoms with Crippen LogP contribution in [0.15, 0.2) is 48.0 Å². The lowest BCUT2D eigenvalue weighted by atomic mass is 9.98. The molecule has 1 amide bonds. The van der Waals surface area contributed by atoms with Gasteiger partial charge in [0.15, 0.2) is 0 Å². The highest BCUT2D eigenvalue weighted by molar-refractivity contribution is 6.01. The lowest BCUT2D eigenvalue weighted by Gasteiger charge is -2.09. The molecule has 3 nitrogen and oxygen atoms in total. The Labute approximate surface area is 137 Å². The number of hydrogen-bond acceptors (Lipinski definition) is 2. The number of nitrogens with one attached hydrogen (secondary N) is 1. The van der Waals surface area contributed by atoms with Crippen LogP contribution in [0.25, 0.3) is 6.08 Å². The molecule has 0 unspecified atom stereocenters. The van der Waals surface area contributed by atoms with Crippen LogP contribution in [0.5, 0.6) is 0 Å². The lowest BCUT2D eigenvalue weighted by molar-refractivity contribution is -0.117. The molecule has 2 rings (SSSR count). The molecular weight excluding hydrogens is 284 g/mol. The van der Waals surface area contributed by atoms with Gasteiger partial charge in [0.05, 0.1) is 0 Å². The minimum absolute atomic E-state index is 0.121. The zero-order chi connectivity index (χ0) is 16.8. The monoisotopic (exact) mass is 304 g/mol. The van der Waals surface area contributed by atoms with Crippen LogP contribution in [0.1, 0.15) is 27.8 Å². The topological polar surface area (TPSA) is 52.9 Å². The van der Waals surface area contributed by atoms with Crippen LogP contribution in [0.2, 0.25) is 0 Å². The Morgan fingerprint density at radius 2 is 1.74 bits per heavy atom. The largest absolute Gasteiger partial charge is 0.347 e. The van der Waals surface area contributed by atoms with E-state index in [1.807, 2.05) is 57.2 Å². The highest BCUT2D eigenvalue weighted by Gasteiger charge is 2.11. The first kappa shape index (κ1) is 16.5. The maximum Gasteiger partial charge on any atom is 0.262 e. The molecule has 0 aliphatic rings. The molecule has 0 spiro atoms. The van der Waals surface area contributed by atoms with Crippen molar-refractivity contribution in [3.8, 4) is 6.07 Å². The Balaban J connectivity index is 2.19. The van der Waals surface area contributed by atoms with Crippen LogP contribution in [-0.4, -0.2) is 5.91 Å². The van der Waals surface area contributed by atoms with Crippen molar-refractivity contribution in [3.63, 3.8) is 0 Å². The zero-order valence-corrected chi connectivity index (χ0v) is 13.7. The average molecular weight is 304 g/mol. The maximum atomic E-state index is 12.2. The lowest BCUT2D eigenvalue weighted by Crippen LogP contribution is -2.24. The minimum Gasteiger partial charge on any atom is -0.347 e. The van der Waals surface area contributed by atoms with Gasteiger partial charge < -0.3 is 5.32 Å². The Morgan fingerprint density at radius 1 is 1.13 bits per heavy atom. The predicted molar refractivity (Wildman–Crippen MR) is 92.5 cm³/mol. The van der Waals surface area contributed by atoms with E-state index in [1.165, 1.54) is 5.56 Å². The molecule has 0 saturated heterocycles. The van der Waals surface area contributed by atoms with E-state index >= 15 is 0 Å². The third-order valence-electron chi connectivity index (χ3n) is 3.69. The Hall–Kier alpha value is -2.86. The number of benzene rings is 2. The first-order valence-electron chi connectivity index (χ1n) is 7.53. The van der Waals surface area contributed by atoms with E-state index in [4.69, 9.17) is 0 Å². The van der Waals surface area contributed by atoms with Gasteiger partial charge in [-0.15, -0.1) is 0 Å². The molecule has 116 valence electrons. The number of rotatable bonds is 4. The molecule has 0 aliphatic carbocycles. The molecule has 0 bridgehead atoms. The van der Waals surface area contributed by atoms with E-state index in [9.17, 15) is 10.1 Å². The number of carbonyl (C=O) groups is 1. The Bertz CT molecular complexity index is 760. The molecule has 0 fully saturated rings. The van der Waals surface area contributed by atoms with Crippen LogP contribution < -0.4 is 5.32 Å². The first-order chi connectivity index (χ1) is 11.0. The fraction of sp³-hybridized carbons (Fsp3) is 0.200. The van der Waals surface area contributed by atoms with Gasteiger partial charge in [0.1, 0.15) is 11.6 Å². The van der Waals surface area contributed by atoms with Crippen molar-refractivity contribution < 1.29 is 4.79 Å². The standard InChI is InChI=1S/C20H20N2O/c1-14-9-15(2)19(16(3)10-14)11-18(12-21)20(23)22-13-17-7-5-4-6-8-17/h4-11H,13H2,1-3H3,(H,22,23)/b18-11-. The SMILES string of the molecule is Cc1cc(C)c(/C=C(/C#N)C(=O)NCc2ccccc2)c(C)c1. The molecule has 0 radical (unpaired) electrons. The second-order valence-electron chi connectivity index (χ2n) is 5.65. The van der Waals surface area contributed by atoms with E-state index in [0.717, 1.165) is 22.3 Å². The summed E-state index contributed by atoms with van der Waals surface area (Å²) in [6.07, 6.45) is 1.67. The van der Waals surface area contributed by atoms with Gasteiger partial charge in [-0.3, -0.25) is 4.79 Å². The van der Waals surface area contributed by atoms with Crippen molar-refractivity contribution in [1.82, 2.24) is 5.32 Å². The van der Waals surface area contributed by atoms with Gasteiger partial charge in [0, 0.05) is 6.54 Å². The molecular formula is C20H20N2O. The number of aryl methyl sites for hydroxylation is 3. The van der Waals surface area contributed by atoms with Crippen LogP contribution in [-0.2, 0) is 11.3 Å². The van der Waals surface area contributed by atoms with E-state index in [2.05, 4.69) is 17.4 Å². The number of carbonyl (C=O) groups excluding carboxylic acids is 1. The van der Waals surface area contributed by atoms with E-state index in [1.54, 1.807) is 6.08 Å². The van der Waals surface area contributed by atoms with Crippen molar-refractivity contribution >= 4 is 12.0 Å². The summed E-state index contributed by atoms with van der Waals surface area (Å²) in [5.74, 6) is -0.351. The first-order valence-corrected chi connectivity index (χ1v) is 7.53. The smallest absolute Gasteiger partial charge is 0.262 e. The highest BCUT2D eigenvalue weighted by atomic mass is 16.1. The van der Waals surface area contributed by atoms with Crippen LogP contribution in [0.4, 0.5) is 0 Å². The zero-order valence-electron chi connectivity index (χ0n) is 13.7. The van der Waals surface area contributed by atoms with Crippen molar-refractivity contribution in [2.75, 3.05) is 0 Å². The molecule has 0 heterocycles. The van der Waals surface area contributed by atoms with Gasteiger partial charge in [0.2, 0.25) is 0 Å². The summed E-state index contributed by atoms with van der Waals surface area (Å²) in [6.45, 7) is 6.42.